The second-order valence-corrected chi connectivity index (χ2v) is 9.82. The van der Waals surface area contributed by atoms with Gasteiger partial charge in [0.2, 0.25) is 8.32 Å². The molecular formula is C14H20O2Si. The minimum atomic E-state index is -1.48. The van der Waals surface area contributed by atoms with Gasteiger partial charge in [-0.1, -0.05) is 6.07 Å². The van der Waals surface area contributed by atoms with Crippen molar-refractivity contribution in [1.82, 2.24) is 0 Å². The third-order valence-corrected chi connectivity index (χ3v) is 3.62. The Labute approximate surface area is 104 Å². The Morgan fingerprint density at radius 2 is 1.88 bits per heavy atom. The zero-order chi connectivity index (χ0) is 12.5. The SMILES string of the molecule is COc1ccc2c(c1)CCC(O[Si](C)(C)C)=C2. The molecule has 0 unspecified atom stereocenters. The van der Waals surface area contributed by atoms with Crippen LogP contribution < -0.4 is 4.74 Å². The molecule has 1 aliphatic rings. The maximum Gasteiger partial charge on any atom is 0.241 e. The second kappa shape index (κ2) is 4.57. The molecule has 3 heteroatoms. The van der Waals surface area contributed by atoms with Crippen LogP contribution in [-0.4, -0.2) is 15.4 Å². The van der Waals surface area contributed by atoms with E-state index in [1.165, 1.54) is 11.1 Å². The smallest absolute Gasteiger partial charge is 0.241 e. The van der Waals surface area contributed by atoms with Gasteiger partial charge in [0.1, 0.15) is 5.75 Å². The van der Waals surface area contributed by atoms with Crippen molar-refractivity contribution in [2.24, 2.45) is 0 Å². The molecule has 2 rings (SSSR count). The largest absolute Gasteiger partial charge is 0.547 e. The molecule has 0 amide bonds. The fraction of sp³-hybridized carbons (Fsp3) is 0.429. The van der Waals surface area contributed by atoms with Gasteiger partial charge in [-0.2, -0.15) is 0 Å². The van der Waals surface area contributed by atoms with Gasteiger partial charge in [0, 0.05) is 6.42 Å². The molecule has 17 heavy (non-hydrogen) atoms. The van der Waals surface area contributed by atoms with Crippen LogP contribution >= 0.6 is 0 Å². The number of benzene rings is 1. The predicted molar refractivity (Wildman–Crippen MR) is 73.7 cm³/mol. The quantitative estimate of drug-likeness (QED) is 0.757. The van der Waals surface area contributed by atoms with Crippen LogP contribution in [0.2, 0.25) is 19.6 Å². The van der Waals surface area contributed by atoms with Crippen molar-refractivity contribution in [2.45, 2.75) is 32.5 Å². The Morgan fingerprint density at radius 3 is 2.53 bits per heavy atom. The molecule has 0 fully saturated rings. The third kappa shape index (κ3) is 3.13. The topological polar surface area (TPSA) is 18.5 Å². The summed E-state index contributed by atoms with van der Waals surface area (Å²) in [5.74, 6) is 2.08. The first-order valence-electron chi connectivity index (χ1n) is 6.04. The fourth-order valence-electron chi connectivity index (χ4n) is 2.04. The predicted octanol–water partition coefficient (Wildman–Crippen LogP) is 3.83. The zero-order valence-electron chi connectivity index (χ0n) is 11.0. The number of ether oxygens (including phenoxy) is 1. The Balaban J connectivity index is 2.23. The van der Waals surface area contributed by atoms with E-state index in [9.17, 15) is 0 Å². The lowest BCUT2D eigenvalue weighted by Crippen LogP contribution is -2.25. The van der Waals surface area contributed by atoms with Gasteiger partial charge >= 0.3 is 0 Å². The van der Waals surface area contributed by atoms with Crippen LogP contribution in [0.15, 0.2) is 24.0 Å². The highest BCUT2D eigenvalue weighted by molar-refractivity contribution is 6.70. The summed E-state index contributed by atoms with van der Waals surface area (Å²) in [6, 6.07) is 6.24. The number of aryl methyl sites for hydroxylation is 1. The number of hydrogen-bond acceptors (Lipinski definition) is 2. The monoisotopic (exact) mass is 248 g/mol. The van der Waals surface area contributed by atoms with E-state index in [0.29, 0.717) is 0 Å². The maximum atomic E-state index is 6.06. The van der Waals surface area contributed by atoms with Crippen LogP contribution in [0.3, 0.4) is 0 Å². The number of fused-ring (bicyclic) bond motifs is 1. The lowest BCUT2D eigenvalue weighted by Gasteiger charge is -2.25. The number of hydrogen-bond donors (Lipinski definition) is 0. The molecule has 0 saturated carbocycles. The van der Waals surface area contributed by atoms with Crippen LogP contribution in [0.4, 0.5) is 0 Å². The lowest BCUT2D eigenvalue weighted by molar-refractivity contribution is 0.400. The molecule has 2 nitrogen and oxygen atoms in total. The van der Waals surface area contributed by atoms with Crippen molar-refractivity contribution < 1.29 is 9.16 Å². The molecule has 0 aliphatic heterocycles. The molecule has 92 valence electrons. The number of allylic oxidation sites excluding steroid dienone is 1. The zero-order valence-corrected chi connectivity index (χ0v) is 12.0. The summed E-state index contributed by atoms with van der Waals surface area (Å²) in [6.07, 6.45) is 4.23. The van der Waals surface area contributed by atoms with Gasteiger partial charge < -0.3 is 9.16 Å². The van der Waals surface area contributed by atoms with Gasteiger partial charge in [-0.3, -0.25) is 0 Å². The summed E-state index contributed by atoms with van der Waals surface area (Å²) in [4.78, 5) is 0. The Hall–Kier alpha value is -1.22. The molecule has 0 saturated heterocycles. The Kier molecular flexibility index (Phi) is 3.29. The first-order chi connectivity index (χ1) is 7.98. The molecule has 1 aromatic rings. The van der Waals surface area contributed by atoms with Crippen molar-refractivity contribution in [3.8, 4) is 5.75 Å². The van der Waals surface area contributed by atoms with Gasteiger partial charge in [-0.05, 0) is 55.4 Å². The average Bonchev–Trinajstić information content (AvgIpc) is 2.26. The Bertz CT molecular complexity index is 444. The van der Waals surface area contributed by atoms with Gasteiger partial charge in [-0.15, -0.1) is 0 Å². The van der Waals surface area contributed by atoms with Crippen LogP contribution in [0.1, 0.15) is 17.5 Å². The van der Waals surface area contributed by atoms with E-state index in [2.05, 4.69) is 37.8 Å². The van der Waals surface area contributed by atoms with Crippen molar-refractivity contribution in [2.75, 3.05) is 7.11 Å². The molecular weight excluding hydrogens is 228 g/mol. The van der Waals surface area contributed by atoms with E-state index in [1.54, 1.807) is 7.11 Å². The fourth-order valence-corrected chi connectivity index (χ4v) is 2.99. The molecule has 0 N–H and O–H groups in total. The molecule has 1 aromatic carbocycles. The van der Waals surface area contributed by atoms with E-state index in [0.717, 1.165) is 24.4 Å². The highest BCUT2D eigenvalue weighted by Gasteiger charge is 2.20. The first kappa shape index (κ1) is 12.2. The maximum absolute atomic E-state index is 6.06. The minimum Gasteiger partial charge on any atom is -0.547 e. The molecule has 0 aromatic heterocycles. The van der Waals surface area contributed by atoms with Gasteiger partial charge in [0.15, 0.2) is 0 Å². The second-order valence-electron chi connectivity index (χ2n) is 5.39. The summed E-state index contributed by atoms with van der Waals surface area (Å²) < 4.78 is 11.3. The summed E-state index contributed by atoms with van der Waals surface area (Å²) in [7, 11) is 0.232. The van der Waals surface area contributed by atoms with Crippen LogP contribution in [-0.2, 0) is 10.8 Å². The summed E-state index contributed by atoms with van der Waals surface area (Å²) in [5.41, 5.74) is 2.62. The number of rotatable bonds is 3. The van der Waals surface area contributed by atoms with Gasteiger partial charge in [0.05, 0.1) is 12.9 Å². The highest BCUT2D eigenvalue weighted by atomic mass is 28.4. The summed E-state index contributed by atoms with van der Waals surface area (Å²) in [5, 5.41) is 0. The van der Waals surface area contributed by atoms with E-state index in [1.807, 2.05) is 6.07 Å². The minimum absolute atomic E-state index is 0.937. The van der Waals surface area contributed by atoms with Crippen LogP contribution in [0.25, 0.3) is 6.08 Å². The molecule has 0 radical (unpaired) electrons. The third-order valence-electron chi connectivity index (χ3n) is 2.74. The van der Waals surface area contributed by atoms with E-state index < -0.39 is 8.32 Å². The van der Waals surface area contributed by atoms with Crippen molar-refractivity contribution in [1.29, 1.82) is 0 Å². The summed E-state index contributed by atoms with van der Waals surface area (Å²) >= 11 is 0. The van der Waals surface area contributed by atoms with Gasteiger partial charge in [0.25, 0.3) is 0 Å². The molecule has 0 bridgehead atoms. The van der Waals surface area contributed by atoms with E-state index in [-0.39, 0.29) is 0 Å². The number of methoxy groups -OCH3 is 1. The van der Waals surface area contributed by atoms with Gasteiger partial charge in [-0.25, -0.2) is 0 Å². The van der Waals surface area contributed by atoms with E-state index in [4.69, 9.17) is 9.16 Å². The highest BCUT2D eigenvalue weighted by Crippen LogP contribution is 2.29. The molecule has 0 atom stereocenters. The molecule has 1 aliphatic carbocycles. The molecule has 0 heterocycles. The van der Waals surface area contributed by atoms with Crippen molar-refractivity contribution >= 4 is 14.4 Å². The standard InChI is InChI=1S/C14H20O2Si/c1-15-13-7-5-12-10-14(16-17(2,3)4)8-6-11(12)9-13/h5,7,9-10H,6,8H2,1-4H3. The van der Waals surface area contributed by atoms with Crippen LogP contribution in [0, 0.1) is 0 Å². The Morgan fingerprint density at radius 1 is 1.12 bits per heavy atom. The van der Waals surface area contributed by atoms with Crippen LogP contribution in [0.5, 0.6) is 5.75 Å². The van der Waals surface area contributed by atoms with E-state index >= 15 is 0 Å². The summed E-state index contributed by atoms with van der Waals surface area (Å²) in [6.45, 7) is 6.66. The van der Waals surface area contributed by atoms with Crippen molar-refractivity contribution in [3.63, 3.8) is 0 Å². The molecule has 0 spiro atoms. The average molecular weight is 248 g/mol. The first-order valence-corrected chi connectivity index (χ1v) is 9.45. The van der Waals surface area contributed by atoms with Crippen molar-refractivity contribution in [3.05, 3.63) is 35.1 Å². The normalized spacial score (nSPS) is 14.9. The lowest BCUT2D eigenvalue weighted by atomic mass is 9.96.